The van der Waals surface area contributed by atoms with Crippen LogP contribution < -0.4 is 20.3 Å². The maximum atomic E-state index is 13.9. The molecule has 8 heteroatoms. The van der Waals surface area contributed by atoms with Gasteiger partial charge < -0.3 is 20.3 Å². The van der Waals surface area contributed by atoms with Crippen LogP contribution in [0.5, 0.6) is 5.75 Å². The summed E-state index contributed by atoms with van der Waals surface area (Å²) >= 11 is 6.13. The van der Waals surface area contributed by atoms with E-state index in [4.69, 9.17) is 16.3 Å². The van der Waals surface area contributed by atoms with E-state index in [-0.39, 0.29) is 18.0 Å². The second-order valence-corrected chi connectivity index (χ2v) is 7.10. The Morgan fingerprint density at radius 3 is 2.96 bits per heavy atom. The first-order valence-corrected chi connectivity index (χ1v) is 9.68. The summed E-state index contributed by atoms with van der Waals surface area (Å²) in [4.78, 5) is 10.4. The van der Waals surface area contributed by atoms with Crippen molar-refractivity contribution in [3.8, 4) is 5.75 Å². The number of rotatable bonds is 6. The van der Waals surface area contributed by atoms with Crippen LogP contribution in [0, 0.1) is 5.82 Å². The molecule has 1 aliphatic heterocycles. The summed E-state index contributed by atoms with van der Waals surface area (Å²) in [7, 11) is 1.72. The number of nitrogens with zero attached hydrogens (tertiary/aromatic N) is 3. The zero-order valence-electron chi connectivity index (χ0n) is 16.0. The van der Waals surface area contributed by atoms with Gasteiger partial charge in [0.25, 0.3) is 0 Å². The minimum Gasteiger partial charge on any atom is -0.487 e. The van der Waals surface area contributed by atoms with Crippen molar-refractivity contribution in [1.82, 2.24) is 15.6 Å². The highest BCUT2D eigenvalue weighted by molar-refractivity contribution is 6.32. The summed E-state index contributed by atoms with van der Waals surface area (Å²) in [6, 6.07) is 10.6. The lowest BCUT2D eigenvalue weighted by molar-refractivity contribution is 0.224. The number of nitrogens with one attached hydrogen (secondary N) is 2. The summed E-state index contributed by atoms with van der Waals surface area (Å²) in [5, 5.41) is 7.23. The predicted molar refractivity (Wildman–Crippen MR) is 111 cm³/mol. The van der Waals surface area contributed by atoms with Crippen molar-refractivity contribution in [2.24, 2.45) is 4.99 Å². The Kier molecular flexibility index (Phi) is 6.92. The number of para-hydroxylation sites is 1. The SMILES string of the molecule is CN=C(NCC(C)Oc1ccccc1Cl)NC1CCN(c2ncccc2F)C1. The molecule has 0 saturated carbocycles. The highest BCUT2D eigenvalue weighted by atomic mass is 35.5. The van der Waals surface area contributed by atoms with E-state index in [0.717, 1.165) is 13.0 Å². The third kappa shape index (κ3) is 5.25. The molecule has 0 amide bonds. The van der Waals surface area contributed by atoms with E-state index >= 15 is 0 Å². The van der Waals surface area contributed by atoms with Gasteiger partial charge >= 0.3 is 0 Å². The second-order valence-electron chi connectivity index (χ2n) is 6.70. The number of hydrogen-bond acceptors (Lipinski definition) is 4. The van der Waals surface area contributed by atoms with Gasteiger partial charge in [0.05, 0.1) is 11.6 Å². The van der Waals surface area contributed by atoms with Crippen LogP contribution >= 0.6 is 11.6 Å². The smallest absolute Gasteiger partial charge is 0.191 e. The van der Waals surface area contributed by atoms with Gasteiger partial charge in [0, 0.05) is 32.4 Å². The van der Waals surface area contributed by atoms with Crippen LogP contribution in [0.3, 0.4) is 0 Å². The van der Waals surface area contributed by atoms with E-state index in [1.165, 1.54) is 6.07 Å². The Bertz CT molecular complexity index is 819. The predicted octanol–water partition coefficient (Wildman–Crippen LogP) is 3.09. The van der Waals surface area contributed by atoms with Crippen LogP contribution in [-0.2, 0) is 0 Å². The number of aromatic nitrogens is 1. The first-order valence-electron chi connectivity index (χ1n) is 9.30. The molecular formula is C20H25ClFN5O. The van der Waals surface area contributed by atoms with Crippen LogP contribution in [0.15, 0.2) is 47.6 Å². The monoisotopic (exact) mass is 405 g/mol. The number of benzene rings is 1. The zero-order valence-corrected chi connectivity index (χ0v) is 16.8. The van der Waals surface area contributed by atoms with E-state index < -0.39 is 0 Å². The van der Waals surface area contributed by atoms with Gasteiger partial charge in [-0.15, -0.1) is 0 Å². The lowest BCUT2D eigenvalue weighted by Gasteiger charge is -2.21. The first-order chi connectivity index (χ1) is 13.6. The molecule has 28 heavy (non-hydrogen) atoms. The summed E-state index contributed by atoms with van der Waals surface area (Å²) in [6.07, 6.45) is 2.39. The standard InChI is InChI=1S/C20H25ClFN5O/c1-14(28-18-8-4-3-6-16(18)21)12-25-20(23-2)26-15-9-11-27(13-15)19-17(22)7-5-10-24-19/h3-8,10,14-15H,9,11-13H2,1-2H3,(H2,23,25,26). The number of anilines is 1. The van der Waals surface area contributed by atoms with Gasteiger partial charge in [-0.3, -0.25) is 4.99 Å². The van der Waals surface area contributed by atoms with Gasteiger partial charge in [0.2, 0.25) is 0 Å². The first kappa shape index (κ1) is 20.2. The fourth-order valence-electron chi connectivity index (χ4n) is 3.11. The number of hydrogen-bond donors (Lipinski definition) is 2. The summed E-state index contributed by atoms with van der Waals surface area (Å²) < 4.78 is 19.8. The minimum absolute atomic E-state index is 0.0962. The highest BCUT2D eigenvalue weighted by Gasteiger charge is 2.26. The van der Waals surface area contributed by atoms with Crippen LogP contribution in [-0.4, -0.2) is 49.8 Å². The van der Waals surface area contributed by atoms with Gasteiger partial charge in [-0.1, -0.05) is 23.7 Å². The number of guanidine groups is 1. The molecule has 2 atom stereocenters. The minimum atomic E-state index is -0.295. The Morgan fingerprint density at radius 1 is 1.39 bits per heavy atom. The number of aliphatic imine (C=N–C) groups is 1. The molecule has 2 N–H and O–H groups in total. The van der Waals surface area contributed by atoms with Crippen LogP contribution in [0.4, 0.5) is 10.2 Å². The molecule has 1 saturated heterocycles. The van der Waals surface area contributed by atoms with E-state index in [0.29, 0.717) is 35.6 Å². The fourth-order valence-corrected chi connectivity index (χ4v) is 3.29. The molecule has 2 aromatic rings. The average Bonchev–Trinajstić information content (AvgIpc) is 3.15. The molecule has 2 heterocycles. The van der Waals surface area contributed by atoms with Crippen molar-refractivity contribution < 1.29 is 9.13 Å². The van der Waals surface area contributed by atoms with E-state index in [1.807, 2.05) is 30.0 Å². The quantitative estimate of drug-likeness (QED) is 0.571. The molecule has 1 aliphatic rings. The van der Waals surface area contributed by atoms with Crippen LogP contribution in [0.1, 0.15) is 13.3 Å². The molecule has 1 aromatic carbocycles. The van der Waals surface area contributed by atoms with Crippen molar-refractivity contribution >= 4 is 23.4 Å². The number of pyridine rings is 1. The van der Waals surface area contributed by atoms with Crippen molar-refractivity contribution in [2.45, 2.75) is 25.5 Å². The van der Waals surface area contributed by atoms with Crippen molar-refractivity contribution in [2.75, 3.05) is 31.6 Å². The van der Waals surface area contributed by atoms with E-state index in [1.54, 1.807) is 25.4 Å². The Labute approximate surface area is 169 Å². The van der Waals surface area contributed by atoms with Gasteiger partial charge in [-0.25, -0.2) is 9.37 Å². The molecule has 0 radical (unpaired) electrons. The Morgan fingerprint density at radius 2 is 2.21 bits per heavy atom. The molecule has 3 rings (SSSR count). The van der Waals surface area contributed by atoms with Crippen LogP contribution in [0.25, 0.3) is 0 Å². The zero-order chi connectivity index (χ0) is 19.9. The lowest BCUT2D eigenvalue weighted by Crippen LogP contribution is -2.47. The normalized spacial score (nSPS) is 18.1. The van der Waals surface area contributed by atoms with Gasteiger partial charge in [-0.2, -0.15) is 0 Å². The van der Waals surface area contributed by atoms with Crippen LogP contribution in [0.2, 0.25) is 5.02 Å². The molecule has 150 valence electrons. The Balaban J connectivity index is 1.47. The Hall–Kier alpha value is -2.54. The topological polar surface area (TPSA) is 61.8 Å². The fraction of sp³-hybridized carbons (Fsp3) is 0.400. The van der Waals surface area contributed by atoms with E-state index in [2.05, 4.69) is 20.6 Å². The highest BCUT2D eigenvalue weighted by Crippen LogP contribution is 2.24. The lowest BCUT2D eigenvalue weighted by atomic mass is 10.3. The van der Waals surface area contributed by atoms with Gasteiger partial charge in [-0.05, 0) is 37.6 Å². The molecule has 0 aliphatic carbocycles. The van der Waals surface area contributed by atoms with E-state index in [9.17, 15) is 4.39 Å². The number of halogens is 2. The molecule has 1 fully saturated rings. The van der Waals surface area contributed by atoms with Gasteiger partial charge in [0.15, 0.2) is 17.6 Å². The second kappa shape index (κ2) is 9.59. The maximum absolute atomic E-state index is 13.9. The third-order valence-electron chi connectivity index (χ3n) is 4.51. The average molecular weight is 406 g/mol. The molecule has 0 bridgehead atoms. The van der Waals surface area contributed by atoms with Crippen molar-refractivity contribution in [3.05, 3.63) is 53.4 Å². The van der Waals surface area contributed by atoms with Crippen molar-refractivity contribution in [3.63, 3.8) is 0 Å². The molecule has 0 spiro atoms. The summed E-state index contributed by atoms with van der Waals surface area (Å²) in [5.41, 5.74) is 0. The molecule has 2 unspecified atom stereocenters. The maximum Gasteiger partial charge on any atom is 0.191 e. The summed E-state index contributed by atoms with van der Waals surface area (Å²) in [6.45, 7) is 3.94. The largest absolute Gasteiger partial charge is 0.487 e. The van der Waals surface area contributed by atoms with Crippen molar-refractivity contribution in [1.29, 1.82) is 0 Å². The molecule has 1 aromatic heterocycles. The van der Waals surface area contributed by atoms with Gasteiger partial charge in [0.1, 0.15) is 11.9 Å². The third-order valence-corrected chi connectivity index (χ3v) is 4.83. The molecular weight excluding hydrogens is 381 g/mol. The summed E-state index contributed by atoms with van der Waals surface area (Å²) in [5.74, 6) is 1.45. The number of ether oxygens (including phenoxy) is 1. The molecule has 6 nitrogen and oxygen atoms in total.